The van der Waals surface area contributed by atoms with Gasteiger partial charge in [-0.3, -0.25) is 0 Å². The first-order valence-corrected chi connectivity index (χ1v) is 5.59. The van der Waals surface area contributed by atoms with E-state index in [1.54, 1.807) is 0 Å². The van der Waals surface area contributed by atoms with Crippen LogP contribution in [0.15, 0.2) is 12.1 Å². The fourth-order valence-electron chi connectivity index (χ4n) is 1.94. The van der Waals surface area contributed by atoms with Crippen LogP contribution < -0.4 is 5.32 Å². The van der Waals surface area contributed by atoms with E-state index in [1.807, 2.05) is 6.92 Å². The fourth-order valence-corrected chi connectivity index (χ4v) is 1.94. The molecule has 1 aromatic rings. The minimum Gasteiger partial charge on any atom is -0.478 e. The summed E-state index contributed by atoms with van der Waals surface area (Å²) in [4.78, 5) is 10.6. The molecule has 6 heteroatoms. The lowest BCUT2D eigenvalue weighted by Gasteiger charge is -2.18. The molecule has 98 valence electrons. The van der Waals surface area contributed by atoms with Crippen LogP contribution in [0, 0.1) is 11.6 Å². The topological polar surface area (TPSA) is 58.6 Å². The van der Waals surface area contributed by atoms with Crippen molar-refractivity contribution in [2.45, 2.75) is 25.5 Å². The Bertz CT molecular complexity index is 455. The van der Waals surface area contributed by atoms with Crippen molar-refractivity contribution in [2.24, 2.45) is 0 Å². The number of carboxylic acid groups (broad SMARTS) is 1. The Balaban J connectivity index is 2.25. The first-order chi connectivity index (χ1) is 8.49. The van der Waals surface area contributed by atoms with Crippen molar-refractivity contribution in [3.05, 3.63) is 29.3 Å². The van der Waals surface area contributed by atoms with Crippen LogP contribution in [0.25, 0.3) is 0 Å². The van der Waals surface area contributed by atoms with Crippen LogP contribution in [0.2, 0.25) is 0 Å². The van der Waals surface area contributed by atoms with Gasteiger partial charge in [0.25, 0.3) is 0 Å². The summed E-state index contributed by atoms with van der Waals surface area (Å²) < 4.78 is 32.6. The van der Waals surface area contributed by atoms with E-state index in [0.717, 1.165) is 12.1 Å². The maximum atomic E-state index is 13.6. The van der Waals surface area contributed by atoms with E-state index >= 15 is 0 Å². The number of carbonyl (C=O) groups is 1. The predicted molar refractivity (Wildman–Crippen MR) is 60.8 cm³/mol. The van der Waals surface area contributed by atoms with Gasteiger partial charge in [0.1, 0.15) is 17.3 Å². The second-order valence-corrected chi connectivity index (χ2v) is 4.24. The normalized spacial score (nSPS) is 23.1. The summed E-state index contributed by atoms with van der Waals surface area (Å²) in [5.74, 6) is -3.19. The van der Waals surface area contributed by atoms with Gasteiger partial charge in [0.2, 0.25) is 0 Å². The van der Waals surface area contributed by atoms with Crippen molar-refractivity contribution >= 4 is 11.7 Å². The number of rotatable bonds is 3. The molecule has 1 aliphatic rings. The zero-order valence-electron chi connectivity index (χ0n) is 9.74. The molecule has 4 nitrogen and oxygen atoms in total. The molecule has 2 N–H and O–H groups in total. The van der Waals surface area contributed by atoms with Crippen molar-refractivity contribution in [3.8, 4) is 0 Å². The first kappa shape index (κ1) is 12.8. The molecule has 2 unspecified atom stereocenters. The number of nitrogens with one attached hydrogen (secondary N) is 1. The minimum atomic E-state index is -1.36. The molecule has 18 heavy (non-hydrogen) atoms. The summed E-state index contributed by atoms with van der Waals surface area (Å²) >= 11 is 0. The van der Waals surface area contributed by atoms with Gasteiger partial charge < -0.3 is 15.2 Å². The number of hydrogen-bond acceptors (Lipinski definition) is 3. The van der Waals surface area contributed by atoms with Crippen molar-refractivity contribution in [1.29, 1.82) is 0 Å². The minimum absolute atomic E-state index is 0.136. The average molecular weight is 257 g/mol. The van der Waals surface area contributed by atoms with Crippen molar-refractivity contribution in [3.63, 3.8) is 0 Å². The Hall–Kier alpha value is -1.69. The summed E-state index contributed by atoms with van der Waals surface area (Å²) in [5.41, 5.74) is -0.714. The molecule has 1 aromatic carbocycles. The van der Waals surface area contributed by atoms with Gasteiger partial charge in [0.15, 0.2) is 0 Å². The Kier molecular flexibility index (Phi) is 3.47. The van der Waals surface area contributed by atoms with Crippen LogP contribution in [0.5, 0.6) is 0 Å². The molecule has 2 atom stereocenters. The predicted octanol–water partition coefficient (Wildman–Crippen LogP) is 2.25. The summed E-state index contributed by atoms with van der Waals surface area (Å²) in [6.07, 6.45) is 0.517. The number of hydrogen-bond donors (Lipinski definition) is 2. The zero-order chi connectivity index (χ0) is 13.3. The Labute approximate surface area is 103 Å². The van der Waals surface area contributed by atoms with E-state index in [0.29, 0.717) is 13.0 Å². The zero-order valence-corrected chi connectivity index (χ0v) is 9.74. The van der Waals surface area contributed by atoms with E-state index < -0.39 is 23.2 Å². The van der Waals surface area contributed by atoms with Gasteiger partial charge in [-0.25, -0.2) is 13.6 Å². The van der Waals surface area contributed by atoms with E-state index in [4.69, 9.17) is 9.84 Å². The fraction of sp³-hybridized carbons (Fsp3) is 0.417. The summed E-state index contributed by atoms with van der Waals surface area (Å²) in [6.45, 7) is 2.35. The molecule has 1 heterocycles. The van der Waals surface area contributed by atoms with E-state index in [1.165, 1.54) is 0 Å². The number of aromatic carboxylic acids is 1. The first-order valence-electron chi connectivity index (χ1n) is 5.59. The van der Waals surface area contributed by atoms with E-state index in [9.17, 15) is 13.6 Å². The second-order valence-electron chi connectivity index (χ2n) is 4.24. The summed E-state index contributed by atoms with van der Waals surface area (Å²) in [7, 11) is 0. The lowest BCUT2D eigenvalue weighted by molar-refractivity contribution is 0.0695. The summed E-state index contributed by atoms with van der Waals surface area (Å²) in [5, 5.41) is 11.4. The average Bonchev–Trinajstić information content (AvgIpc) is 2.69. The number of benzene rings is 1. The highest BCUT2D eigenvalue weighted by Gasteiger charge is 2.26. The molecular weight excluding hydrogens is 244 g/mol. The molecular formula is C12H13F2NO3. The van der Waals surface area contributed by atoms with Gasteiger partial charge in [-0.1, -0.05) is 0 Å². The molecule has 2 rings (SSSR count). The number of anilines is 1. The molecule has 0 spiro atoms. The van der Waals surface area contributed by atoms with Crippen LogP contribution in [-0.4, -0.2) is 29.8 Å². The molecule has 0 radical (unpaired) electrons. The number of ether oxygens (including phenoxy) is 1. The quantitative estimate of drug-likeness (QED) is 0.872. The van der Waals surface area contributed by atoms with Gasteiger partial charge in [0.05, 0.1) is 17.7 Å². The maximum Gasteiger partial charge on any atom is 0.335 e. The molecule has 1 fully saturated rings. The van der Waals surface area contributed by atoms with Crippen LogP contribution >= 0.6 is 0 Å². The SMILES string of the molecule is CC1OCCC1Nc1c(F)cc(C(=O)O)cc1F. The lowest BCUT2D eigenvalue weighted by atomic mass is 10.1. The van der Waals surface area contributed by atoms with Crippen LogP contribution in [0.1, 0.15) is 23.7 Å². The van der Waals surface area contributed by atoms with Crippen molar-refractivity contribution in [2.75, 3.05) is 11.9 Å². The third-order valence-corrected chi connectivity index (χ3v) is 3.00. The third kappa shape index (κ3) is 2.43. The molecule has 1 aliphatic heterocycles. The highest BCUT2D eigenvalue weighted by Crippen LogP contribution is 2.25. The molecule has 0 amide bonds. The monoisotopic (exact) mass is 257 g/mol. The Morgan fingerprint density at radius 1 is 1.44 bits per heavy atom. The molecule has 1 saturated heterocycles. The second kappa shape index (κ2) is 4.89. The van der Waals surface area contributed by atoms with Crippen molar-refractivity contribution in [1.82, 2.24) is 0 Å². The highest BCUT2D eigenvalue weighted by atomic mass is 19.1. The van der Waals surface area contributed by atoms with Crippen LogP contribution in [-0.2, 0) is 4.74 Å². The molecule has 0 bridgehead atoms. The van der Waals surface area contributed by atoms with Gasteiger partial charge in [-0.15, -0.1) is 0 Å². The van der Waals surface area contributed by atoms with E-state index in [-0.39, 0.29) is 17.8 Å². The van der Waals surface area contributed by atoms with Crippen LogP contribution in [0.4, 0.5) is 14.5 Å². The van der Waals surface area contributed by atoms with Gasteiger partial charge in [-0.2, -0.15) is 0 Å². The van der Waals surface area contributed by atoms with Crippen molar-refractivity contribution < 1.29 is 23.4 Å². The van der Waals surface area contributed by atoms with Gasteiger partial charge >= 0.3 is 5.97 Å². The largest absolute Gasteiger partial charge is 0.478 e. The molecule has 0 saturated carbocycles. The van der Waals surface area contributed by atoms with Gasteiger partial charge in [0, 0.05) is 6.61 Å². The highest BCUT2D eigenvalue weighted by molar-refractivity contribution is 5.88. The molecule has 0 aliphatic carbocycles. The van der Waals surface area contributed by atoms with Crippen LogP contribution in [0.3, 0.4) is 0 Å². The smallest absolute Gasteiger partial charge is 0.335 e. The van der Waals surface area contributed by atoms with E-state index in [2.05, 4.69) is 5.32 Å². The molecule has 0 aromatic heterocycles. The third-order valence-electron chi connectivity index (χ3n) is 3.00. The standard InChI is InChI=1S/C12H13F2NO3/c1-6-10(2-3-18-6)15-11-8(13)4-7(12(16)17)5-9(11)14/h4-6,10,15H,2-3H2,1H3,(H,16,17). The Morgan fingerprint density at radius 2 is 2.06 bits per heavy atom. The number of halogens is 2. The number of carboxylic acids is 1. The lowest BCUT2D eigenvalue weighted by Crippen LogP contribution is -2.27. The van der Waals surface area contributed by atoms with Gasteiger partial charge in [-0.05, 0) is 25.5 Å². The summed E-state index contributed by atoms with van der Waals surface area (Å²) in [6, 6.07) is 1.42. The Morgan fingerprint density at radius 3 is 2.50 bits per heavy atom. The maximum absolute atomic E-state index is 13.6.